The number of rotatable bonds is 9. The van der Waals surface area contributed by atoms with E-state index in [1.165, 1.54) is 18.4 Å². The number of likely N-dealkylation sites (N-methyl/N-ethyl adjacent to an activating group) is 1. The van der Waals surface area contributed by atoms with Crippen LogP contribution in [-0.2, 0) is 19.6 Å². The smallest absolute Gasteiger partial charge is 0.199 e. The standard InChI is InChI=1S/C19H28N4O2S/c1-5-22-18(15-7-8-15)20-23(19(22)26)13-21(2)11-10-14-6-9-16(24-3)17(12-14)25-4/h6,9,12,15H,5,7-8,10-11,13H2,1-4H3. The van der Waals surface area contributed by atoms with Gasteiger partial charge in [-0.3, -0.25) is 4.90 Å². The Kier molecular flexibility index (Phi) is 5.98. The van der Waals surface area contributed by atoms with Crippen molar-refractivity contribution in [3.05, 3.63) is 34.4 Å². The Morgan fingerprint density at radius 3 is 2.58 bits per heavy atom. The number of ether oxygens (including phenoxy) is 2. The zero-order valence-electron chi connectivity index (χ0n) is 16.1. The Labute approximate surface area is 160 Å². The zero-order chi connectivity index (χ0) is 18.7. The Balaban J connectivity index is 1.63. The van der Waals surface area contributed by atoms with E-state index in [-0.39, 0.29) is 0 Å². The van der Waals surface area contributed by atoms with Crippen molar-refractivity contribution in [2.75, 3.05) is 27.8 Å². The second-order valence-corrected chi connectivity index (χ2v) is 7.18. The highest BCUT2D eigenvalue weighted by Gasteiger charge is 2.29. The van der Waals surface area contributed by atoms with Crippen LogP contribution in [-0.4, -0.2) is 47.1 Å². The molecule has 26 heavy (non-hydrogen) atoms. The van der Waals surface area contributed by atoms with E-state index in [0.717, 1.165) is 41.6 Å². The van der Waals surface area contributed by atoms with Gasteiger partial charge in [0.1, 0.15) is 5.82 Å². The summed E-state index contributed by atoms with van der Waals surface area (Å²) in [5.74, 6) is 3.29. The van der Waals surface area contributed by atoms with E-state index in [2.05, 4.69) is 29.5 Å². The molecule has 1 aromatic heterocycles. The SMILES string of the molecule is CCn1c(C2CC2)nn(CN(C)CCc2ccc(OC)c(OC)c2)c1=S. The van der Waals surface area contributed by atoms with E-state index < -0.39 is 0 Å². The third kappa shape index (κ3) is 4.10. The summed E-state index contributed by atoms with van der Waals surface area (Å²) in [6, 6.07) is 6.07. The van der Waals surface area contributed by atoms with E-state index >= 15 is 0 Å². The van der Waals surface area contributed by atoms with Crippen LogP contribution < -0.4 is 9.47 Å². The fraction of sp³-hybridized carbons (Fsp3) is 0.579. The molecular weight excluding hydrogens is 348 g/mol. The lowest BCUT2D eigenvalue weighted by molar-refractivity contribution is 0.254. The minimum atomic E-state index is 0.606. The predicted octanol–water partition coefficient (Wildman–Crippen LogP) is 3.46. The van der Waals surface area contributed by atoms with Gasteiger partial charge in [-0.15, -0.1) is 0 Å². The second-order valence-electron chi connectivity index (χ2n) is 6.82. The van der Waals surface area contributed by atoms with Gasteiger partial charge in [0, 0.05) is 19.0 Å². The van der Waals surface area contributed by atoms with E-state index in [1.807, 2.05) is 16.8 Å². The fourth-order valence-corrected chi connectivity index (χ4v) is 3.47. The summed E-state index contributed by atoms with van der Waals surface area (Å²) in [5, 5.41) is 4.78. The Bertz CT molecular complexity index is 810. The van der Waals surface area contributed by atoms with Gasteiger partial charge in [-0.2, -0.15) is 5.10 Å². The first kappa shape index (κ1) is 18.9. The van der Waals surface area contributed by atoms with Crippen LogP contribution in [0.2, 0.25) is 0 Å². The monoisotopic (exact) mass is 376 g/mol. The molecule has 142 valence electrons. The molecule has 3 rings (SSSR count). The molecule has 1 saturated carbocycles. The fourth-order valence-electron chi connectivity index (χ4n) is 3.15. The number of hydrogen-bond donors (Lipinski definition) is 0. The van der Waals surface area contributed by atoms with Crippen LogP contribution in [0.5, 0.6) is 11.5 Å². The molecule has 1 aliphatic carbocycles. The van der Waals surface area contributed by atoms with Gasteiger partial charge in [-0.25, -0.2) is 4.68 Å². The summed E-state index contributed by atoms with van der Waals surface area (Å²) in [6.07, 6.45) is 3.40. The highest BCUT2D eigenvalue weighted by molar-refractivity contribution is 7.71. The lowest BCUT2D eigenvalue weighted by Crippen LogP contribution is -2.25. The third-order valence-electron chi connectivity index (χ3n) is 4.82. The largest absolute Gasteiger partial charge is 0.493 e. The molecule has 0 N–H and O–H groups in total. The van der Waals surface area contributed by atoms with Gasteiger partial charge in [0.05, 0.1) is 20.9 Å². The molecule has 0 bridgehead atoms. The summed E-state index contributed by atoms with van der Waals surface area (Å²) in [4.78, 5) is 2.25. The van der Waals surface area contributed by atoms with E-state index in [0.29, 0.717) is 12.6 Å². The summed E-state index contributed by atoms with van der Waals surface area (Å²) >= 11 is 5.62. The topological polar surface area (TPSA) is 44.5 Å². The normalized spacial score (nSPS) is 14.0. The number of nitrogens with zero attached hydrogens (tertiary/aromatic N) is 4. The number of benzene rings is 1. The maximum absolute atomic E-state index is 5.62. The highest BCUT2D eigenvalue weighted by atomic mass is 32.1. The van der Waals surface area contributed by atoms with Gasteiger partial charge in [0.25, 0.3) is 0 Å². The lowest BCUT2D eigenvalue weighted by atomic mass is 10.1. The van der Waals surface area contributed by atoms with E-state index in [4.69, 9.17) is 26.8 Å². The Hall–Kier alpha value is -1.86. The molecule has 6 nitrogen and oxygen atoms in total. The molecule has 0 aliphatic heterocycles. The molecule has 1 aromatic carbocycles. The number of hydrogen-bond acceptors (Lipinski definition) is 5. The average Bonchev–Trinajstić information content (AvgIpc) is 3.45. The van der Waals surface area contributed by atoms with Crippen molar-refractivity contribution in [1.29, 1.82) is 0 Å². The van der Waals surface area contributed by atoms with Crippen molar-refractivity contribution in [3.8, 4) is 11.5 Å². The molecule has 0 saturated heterocycles. The zero-order valence-corrected chi connectivity index (χ0v) is 16.9. The molecule has 7 heteroatoms. The van der Waals surface area contributed by atoms with Gasteiger partial charge >= 0.3 is 0 Å². The third-order valence-corrected chi connectivity index (χ3v) is 5.25. The molecule has 2 aromatic rings. The van der Waals surface area contributed by atoms with Crippen LogP contribution in [0.15, 0.2) is 18.2 Å². The summed E-state index contributed by atoms with van der Waals surface area (Å²) in [7, 11) is 5.42. The van der Waals surface area contributed by atoms with Crippen molar-refractivity contribution in [2.45, 2.75) is 45.3 Å². The van der Waals surface area contributed by atoms with Crippen molar-refractivity contribution in [1.82, 2.24) is 19.2 Å². The van der Waals surface area contributed by atoms with E-state index in [1.54, 1.807) is 14.2 Å². The van der Waals surface area contributed by atoms with Gasteiger partial charge in [0.15, 0.2) is 16.3 Å². The first-order chi connectivity index (χ1) is 12.6. The summed E-state index contributed by atoms with van der Waals surface area (Å²) in [6.45, 7) is 4.64. The van der Waals surface area contributed by atoms with Crippen molar-refractivity contribution >= 4 is 12.2 Å². The Morgan fingerprint density at radius 1 is 1.23 bits per heavy atom. The predicted molar refractivity (Wildman–Crippen MR) is 105 cm³/mol. The van der Waals surface area contributed by atoms with E-state index in [9.17, 15) is 0 Å². The molecular formula is C19H28N4O2S. The number of methoxy groups -OCH3 is 2. The molecule has 0 spiro atoms. The highest BCUT2D eigenvalue weighted by Crippen LogP contribution is 2.39. The first-order valence-corrected chi connectivity index (χ1v) is 9.55. The molecule has 1 heterocycles. The number of aromatic nitrogens is 3. The van der Waals surface area contributed by atoms with Gasteiger partial charge in [-0.1, -0.05) is 6.07 Å². The second kappa shape index (κ2) is 8.22. The minimum Gasteiger partial charge on any atom is -0.493 e. The summed E-state index contributed by atoms with van der Waals surface area (Å²) in [5.41, 5.74) is 1.22. The van der Waals surface area contributed by atoms with Crippen LogP contribution in [0.1, 0.15) is 37.1 Å². The quantitative estimate of drug-likeness (QED) is 0.627. The van der Waals surface area contributed by atoms with Crippen molar-refractivity contribution in [3.63, 3.8) is 0 Å². The van der Waals surface area contributed by atoms with Crippen LogP contribution in [0.4, 0.5) is 0 Å². The molecule has 1 aliphatic rings. The van der Waals surface area contributed by atoms with Crippen LogP contribution >= 0.6 is 12.2 Å². The lowest BCUT2D eigenvalue weighted by Gasteiger charge is -2.17. The maximum atomic E-state index is 5.62. The molecule has 0 radical (unpaired) electrons. The molecule has 0 amide bonds. The van der Waals surface area contributed by atoms with Crippen molar-refractivity contribution < 1.29 is 9.47 Å². The Morgan fingerprint density at radius 2 is 1.96 bits per heavy atom. The van der Waals surface area contributed by atoms with Crippen LogP contribution in [0, 0.1) is 4.77 Å². The van der Waals surface area contributed by atoms with Crippen molar-refractivity contribution in [2.24, 2.45) is 0 Å². The molecule has 0 atom stereocenters. The van der Waals surface area contributed by atoms with Crippen LogP contribution in [0.3, 0.4) is 0 Å². The minimum absolute atomic E-state index is 0.606. The first-order valence-electron chi connectivity index (χ1n) is 9.14. The van der Waals surface area contributed by atoms with Gasteiger partial charge < -0.3 is 14.0 Å². The average molecular weight is 377 g/mol. The van der Waals surface area contributed by atoms with Gasteiger partial charge in [-0.05, 0) is 63.1 Å². The van der Waals surface area contributed by atoms with Crippen LogP contribution in [0.25, 0.3) is 0 Å². The molecule has 1 fully saturated rings. The summed E-state index contributed by atoms with van der Waals surface area (Å²) < 4.78 is 15.6. The molecule has 0 unspecified atom stereocenters. The van der Waals surface area contributed by atoms with Gasteiger partial charge in [0.2, 0.25) is 0 Å². The maximum Gasteiger partial charge on any atom is 0.199 e.